The largest absolute Gasteiger partial charge is 0.491 e. The number of hydrogen-bond acceptors (Lipinski definition) is 4. The molecular formula is C10H15N3O2. The third-order valence-corrected chi connectivity index (χ3v) is 1.88. The number of pyridine rings is 1. The van der Waals surface area contributed by atoms with E-state index in [1.165, 1.54) is 0 Å². The van der Waals surface area contributed by atoms with Crippen LogP contribution in [-0.2, 0) is 0 Å². The molecule has 5 nitrogen and oxygen atoms in total. The van der Waals surface area contributed by atoms with Crippen molar-refractivity contribution in [1.29, 1.82) is 0 Å². The number of rotatable bonds is 5. The van der Waals surface area contributed by atoms with Crippen LogP contribution in [0.15, 0.2) is 23.5 Å². The zero-order valence-electron chi connectivity index (χ0n) is 8.68. The summed E-state index contributed by atoms with van der Waals surface area (Å²) in [5.41, 5.74) is 5.83. The molecular weight excluding hydrogens is 194 g/mol. The number of nitrogens with two attached hydrogens (primary N) is 1. The summed E-state index contributed by atoms with van der Waals surface area (Å²) in [5.74, 6) is 0.503. The molecule has 3 N–H and O–H groups in total. The fraction of sp³-hybridized carbons (Fsp3) is 0.400. The van der Waals surface area contributed by atoms with E-state index in [0.29, 0.717) is 18.1 Å². The minimum absolute atomic E-state index is 0.0397. The molecule has 0 bridgehead atoms. The number of aromatic nitrogens is 1. The average Bonchev–Trinajstić information content (AvgIpc) is 2.29. The zero-order valence-corrected chi connectivity index (χ0v) is 8.68. The lowest BCUT2D eigenvalue weighted by atomic mass is 10.3. The molecule has 1 rings (SSSR count). The maximum Gasteiger partial charge on any atom is 0.192 e. The lowest BCUT2D eigenvalue weighted by Gasteiger charge is -2.08. The Balaban J connectivity index is 2.77. The molecule has 0 aliphatic heterocycles. The standard InChI is InChI=1S/C10H15N3O2/c1-2-3-7-15-8-5-4-6-12-9(8)10(11)13-14/h4-6,14H,2-3,7H2,1H3,(H2,11,13). The summed E-state index contributed by atoms with van der Waals surface area (Å²) >= 11 is 0. The second kappa shape index (κ2) is 5.85. The predicted molar refractivity (Wildman–Crippen MR) is 57.2 cm³/mol. The molecule has 5 heteroatoms. The SMILES string of the molecule is CCCCOc1cccnc1/C(N)=N/O. The summed E-state index contributed by atoms with van der Waals surface area (Å²) in [6.07, 6.45) is 3.59. The van der Waals surface area contributed by atoms with E-state index in [2.05, 4.69) is 17.1 Å². The molecule has 0 unspecified atom stereocenters. The van der Waals surface area contributed by atoms with Gasteiger partial charge in [-0.3, -0.25) is 0 Å². The van der Waals surface area contributed by atoms with Crippen molar-refractivity contribution in [3.05, 3.63) is 24.0 Å². The van der Waals surface area contributed by atoms with E-state index in [-0.39, 0.29) is 5.84 Å². The van der Waals surface area contributed by atoms with Crippen LogP contribution in [0.4, 0.5) is 0 Å². The first-order chi connectivity index (χ1) is 7.29. The zero-order chi connectivity index (χ0) is 11.1. The van der Waals surface area contributed by atoms with Crippen LogP contribution in [-0.4, -0.2) is 22.6 Å². The van der Waals surface area contributed by atoms with E-state index in [4.69, 9.17) is 15.7 Å². The van der Waals surface area contributed by atoms with Crippen molar-refractivity contribution in [2.75, 3.05) is 6.61 Å². The highest BCUT2D eigenvalue weighted by Crippen LogP contribution is 2.15. The number of hydrogen-bond donors (Lipinski definition) is 2. The molecule has 0 aliphatic rings. The van der Waals surface area contributed by atoms with Gasteiger partial charge in [0, 0.05) is 6.20 Å². The van der Waals surface area contributed by atoms with E-state index >= 15 is 0 Å². The van der Waals surface area contributed by atoms with Crippen LogP contribution in [0.5, 0.6) is 5.75 Å². The van der Waals surface area contributed by atoms with Gasteiger partial charge in [0.25, 0.3) is 0 Å². The van der Waals surface area contributed by atoms with Gasteiger partial charge in [-0.05, 0) is 18.6 Å². The first-order valence-electron chi connectivity index (χ1n) is 4.85. The number of oxime groups is 1. The van der Waals surface area contributed by atoms with Gasteiger partial charge in [-0.25, -0.2) is 4.98 Å². The summed E-state index contributed by atoms with van der Waals surface area (Å²) < 4.78 is 5.47. The van der Waals surface area contributed by atoms with Gasteiger partial charge in [0.15, 0.2) is 11.5 Å². The molecule has 82 valence electrons. The minimum atomic E-state index is -0.0397. The van der Waals surface area contributed by atoms with Gasteiger partial charge >= 0.3 is 0 Å². The van der Waals surface area contributed by atoms with E-state index in [1.54, 1.807) is 18.3 Å². The number of amidine groups is 1. The Labute approximate surface area is 88.6 Å². The molecule has 0 saturated heterocycles. The molecule has 0 saturated carbocycles. The molecule has 0 atom stereocenters. The van der Waals surface area contributed by atoms with E-state index in [0.717, 1.165) is 12.8 Å². The fourth-order valence-corrected chi connectivity index (χ4v) is 1.07. The van der Waals surface area contributed by atoms with Gasteiger partial charge in [-0.1, -0.05) is 18.5 Å². The highest BCUT2D eigenvalue weighted by Gasteiger charge is 2.08. The highest BCUT2D eigenvalue weighted by molar-refractivity contribution is 5.97. The molecule has 0 spiro atoms. The van der Waals surface area contributed by atoms with Gasteiger partial charge in [0.2, 0.25) is 0 Å². The Morgan fingerprint density at radius 2 is 2.47 bits per heavy atom. The van der Waals surface area contributed by atoms with Crippen LogP contribution in [0, 0.1) is 0 Å². The van der Waals surface area contributed by atoms with Crippen LogP contribution in [0.2, 0.25) is 0 Å². The summed E-state index contributed by atoms with van der Waals surface area (Å²) in [6, 6.07) is 3.49. The van der Waals surface area contributed by atoms with Crippen LogP contribution >= 0.6 is 0 Å². The smallest absolute Gasteiger partial charge is 0.192 e. The van der Waals surface area contributed by atoms with E-state index < -0.39 is 0 Å². The Bertz CT molecular complexity index is 339. The van der Waals surface area contributed by atoms with Crippen LogP contribution < -0.4 is 10.5 Å². The van der Waals surface area contributed by atoms with Crippen molar-refractivity contribution in [3.8, 4) is 5.75 Å². The van der Waals surface area contributed by atoms with Crippen LogP contribution in [0.1, 0.15) is 25.5 Å². The molecule has 0 aliphatic carbocycles. The molecule has 1 heterocycles. The fourth-order valence-electron chi connectivity index (χ4n) is 1.07. The third-order valence-electron chi connectivity index (χ3n) is 1.88. The van der Waals surface area contributed by atoms with Crippen molar-refractivity contribution in [2.24, 2.45) is 10.9 Å². The minimum Gasteiger partial charge on any atom is -0.491 e. The van der Waals surface area contributed by atoms with E-state index in [9.17, 15) is 0 Å². The van der Waals surface area contributed by atoms with Gasteiger partial charge in [-0.15, -0.1) is 0 Å². The monoisotopic (exact) mass is 209 g/mol. The van der Waals surface area contributed by atoms with Crippen LogP contribution in [0.3, 0.4) is 0 Å². The maximum atomic E-state index is 8.55. The second-order valence-corrected chi connectivity index (χ2v) is 3.04. The highest BCUT2D eigenvalue weighted by atomic mass is 16.5. The first-order valence-corrected chi connectivity index (χ1v) is 4.85. The van der Waals surface area contributed by atoms with E-state index in [1.807, 2.05) is 0 Å². The maximum absolute atomic E-state index is 8.55. The quantitative estimate of drug-likeness (QED) is 0.252. The lowest BCUT2D eigenvalue weighted by molar-refractivity contribution is 0.304. The van der Waals surface area contributed by atoms with Crippen molar-refractivity contribution in [2.45, 2.75) is 19.8 Å². The van der Waals surface area contributed by atoms with Gasteiger partial charge in [0.05, 0.1) is 6.61 Å². The summed E-state index contributed by atoms with van der Waals surface area (Å²) in [5, 5.41) is 11.5. The summed E-state index contributed by atoms with van der Waals surface area (Å²) in [6.45, 7) is 2.69. The number of unbranched alkanes of at least 4 members (excludes halogenated alkanes) is 1. The number of ether oxygens (including phenoxy) is 1. The van der Waals surface area contributed by atoms with Crippen molar-refractivity contribution >= 4 is 5.84 Å². The second-order valence-electron chi connectivity index (χ2n) is 3.04. The first kappa shape index (κ1) is 11.3. The topological polar surface area (TPSA) is 80.7 Å². The number of nitrogens with zero attached hydrogens (tertiary/aromatic N) is 2. The molecule has 0 amide bonds. The Morgan fingerprint density at radius 3 is 3.13 bits per heavy atom. The molecule has 0 radical (unpaired) electrons. The molecule has 1 aromatic rings. The third kappa shape index (κ3) is 3.12. The van der Waals surface area contributed by atoms with Gasteiger partial charge in [0.1, 0.15) is 5.75 Å². The summed E-state index contributed by atoms with van der Waals surface area (Å²) in [4.78, 5) is 3.99. The Kier molecular flexibility index (Phi) is 4.40. The average molecular weight is 209 g/mol. The Hall–Kier alpha value is -1.78. The van der Waals surface area contributed by atoms with Gasteiger partial charge < -0.3 is 15.7 Å². The molecule has 1 aromatic heterocycles. The summed E-state index contributed by atoms with van der Waals surface area (Å²) in [7, 11) is 0. The van der Waals surface area contributed by atoms with Crippen molar-refractivity contribution < 1.29 is 9.94 Å². The van der Waals surface area contributed by atoms with Crippen molar-refractivity contribution in [3.63, 3.8) is 0 Å². The van der Waals surface area contributed by atoms with Crippen molar-refractivity contribution in [1.82, 2.24) is 4.98 Å². The Morgan fingerprint density at radius 1 is 1.67 bits per heavy atom. The predicted octanol–water partition coefficient (Wildman–Crippen LogP) is 1.35. The normalized spacial score (nSPS) is 11.4. The molecule has 0 aromatic carbocycles. The van der Waals surface area contributed by atoms with Crippen LogP contribution in [0.25, 0.3) is 0 Å². The lowest BCUT2D eigenvalue weighted by Crippen LogP contribution is -2.16. The molecule has 0 fully saturated rings. The van der Waals surface area contributed by atoms with Gasteiger partial charge in [-0.2, -0.15) is 0 Å². The molecule has 15 heavy (non-hydrogen) atoms.